The molecular weight excluding hydrogens is 235 g/mol. The summed E-state index contributed by atoms with van der Waals surface area (Å²) in [5.41, 5.74) is 0.580. The van der Waals surface area contributed by atoms with Crippen molar-refractivity contribution in [2.45, 2.75) is 6.10 Å². The maximum atomic E-state index is 12.7. The molecule has 0 spiro atoms. The van der Waals surface area contributed by atoms with E-state index in [2.05, 4.69) is 0 Å². The first-order valence-corrected chi connectivity index (χ1v) is 5.50. The fraction of sp³-hybridized carbons (Fsp3) is 0.143. The lowest BCUT2D eigenvalue weighted by Crippen LogP contribution is -2.09. The van der Waals surface area contributed by atoms with Crippen LogP contribution in [-0.4, -0.2) is 16.8 Å². The Bertz CT molecular complexity index is 511. The van der Waals surface area contributed by atoms with Gasteiger partial charge in [0.25, 0.3) is 0 Å². The molecule has 0 aliphatic rings. The Labute approximate surface area is 104 Å². The van der Waals surface area contributed by atoms with Crippen molar-refractivity contribution in [3.05, 3.63) is 59.9 Å². The third-order valence-corrected chi connectivity index (χ3v) is 2.48. The summed E-state index contributed by atoms with van der Waals surface area (Å²) in [6.07, 6.45) is -0.840. The first-order chi connectivity index (χ1) is 8.65. The van der Waals surface area contributed by atoms with Gasteiger partial charge in [-0.2, -0.15) is 0 Å². The van der Waals surface area contributed by atoms with Gasteiger partial charge in [-0.05, 0) is 29.8 Å². The fourth-order valence-electron chi connectivity index (χ4n) is 1.53. The van der Waals surface area contributed by atoms with E-state index < -0.39 is 6.10 Å². The van der Waals surface area contributed by atoms with Crippen LogP contribution in [0.4, 0.5) is 4.39 Å². The molecule has 2 aromatic rings. The normalized spacial score (nSPS) is 12.1. The topological polar surface area (TPSA) is 49.7 Å². The van der Waals surface area contributed by atoms with Gasteiger partial charge in [-0.1, -0.05) is 18.2 Å². The molecule has 0 amide bonds. The van der Waals surface area contributed by atoms with E-state index in [1.165, 1.54) is 36.4 Å². The SMILES string of the molecule is Oc1cccc(OCC(O)c2ccc(F)cc2)c1. The molecule has 18 heavy (non-hydrogen) atoms. The lowest BCUT2D eigenvalue weighted by molar-refractivity contribution is 0.108. The van der Waals surface area contributed by atoms with Crippen molar-refractivity contribution in [3.8, 4) is 11.5 Å². The average Bonchev–Trinajstić information content (AvgIpc) is 2.37. The van der Waals surface area contributed by atoms with E-state index in [-0.39, 0.29) is 18.2 Å². The Hall–Kier alpha value is -2.07. The number of benzene rings is 2. The van der Waals surface area contributed by atoms with Crippen LogP contribution in [0.2, 0.25) is 0 Å². The van der Waals surface area contributed by atoms with Crippen LogP contribution in [0.25, 0.3) is 0 Å². The van der Waals surface area contributed by atoms with Gasteiger partial charge in [0.05, 0.1) is 0 Å². The predicted octanol–water partition coefficient (Wildman–Crippen LogP) is 2.64. The van der Waals surface area contributed by atoms with Crippen molar-refractivity contribution < 1.29 is 19.3 Å². The van der Waals surface area contributed by atoms with Crippen LogP contribution in [0.1, 0.15) is 11.7 Å². The van der Waals surface area contributed by atoms with Crippen LogP contribution in [-0.2, 0) is 0 Å². The van der Waals surface area contributed by atoms with Crippen molar-refractivity contribution in [2.24, 2.45) is 0 Å². The number of hydrogen-bond acceptors (Lipinski definition) is 3. The molecule has 3 nitrogen and oxygen atoms in total. The highest BCUT2D eigenvalue weighted by molar-refractivity contribution is 5.31. The highest BCUT2D eigenvalue weighted by Crippen LogP contribution is 2.20. The zero-order chi connectivity index (χ0) is 13.0. The molecule has 0 heterocycles. The van der Waals surface area contributed by atoms with E-state index >= 15 is 0 Å². The number of rotatable bonds is 4. The van der Waals surface area contributed by atoms with Crippen molar-refractivity contribution >= 4 is 0 Å². The van der Waals surface area contributed by atoms with Crippen molar-refractivity contribution in [2.75, 3.05) is 6.61 Å². The van der Waals surface area contributed by atoms with Crippen LogP contribution >= 0.6 is 0 Å². The smallest absolute Gasteiger partial charge is 0.123 e. The first-order valence-electron chi connectivity index (χ1n) is 5.50. The Morgan fingerprint density at radius 3 is 2.50 bits per heavy atom. The number of hydrogen-bond donors (Lipinski definition) is 2. The largest absolute Gasteiger partial charge is 0.508 e. The number of ether oxygens (including phenoxy) is 1. The van der Waals surface area contributed by atoms with Crippen molar-refractivity contribution in [1.82, 2.24) is 0 Å². The third-order valence-electron chi connectivity index (χ3n) is 2.48. The summed E-state index contributed by atoms with van der Waals surface area (Å²) in [5.74, 6) is 0.222. The monoisotopic (exact) mass is 248 g/mol. The van der Waals surface area contributed by atoms with Crippen LogP contribution < -0.4 is 4.74 Å². The van der Waals surface area contributed by atoms with Crippen LogP contribution in [0.15, 0.2) is 48.5 Å². The minimum Gasteiger partial charge on any atom is -0.508 e. The molecule has 0 aliphatic heterocycles. The lowest BCUT2D eigenvalue weighted by atomic mass is 10.1. The summed E-state index contributed by atoms with van der Waals surface area (Å²) in [6.45, 7) is 0.0368. The summed E-state index contributed by atoms with van der Waals surface area (Å²) in [5, 5.41) is 19.1. The number of phenols is 1. The number of aliphatic hydroxyl groups excluding tert-OH is 1. The molecule has 2 rings (SSSR count). The summed E-state index contributed by atoms with van der Waals surface area (Å²) in [4.78, 5) is 0. The van der Waals surface area contributed by atoms with Crippen LogP contribution in [0, 0.1) is 5.82 Å². The maximum absolute atomic E-state index is 12.7. The molecule has 1 unspecified atom stereocenters. The molecular formula is C14H13FO3. The van der Waals surface area contributed by atoms with Gasteiger partial charge in [-0.25, -0.2) is 4.39 Å². The van der Waals surface area contributed by atoms with Crippen molar-refractivity contribution in [3.63, 3.8) is 0 Å². The minimum atomic E-state index is -0.840. The van der Waals surface area contributed by atoms with Gasteiger partial charge in [0.1, 0.15) is 30.0 Å². The van der Waals surface area contributed by atoms with E-state index in [9.17, 15) is 14.6 Å². The molecule has 94 valence electrons. The number of aromatic hydroxyl groups is 1. The van der Waals surface area contributed by atoms with E-state index in [0.29, 0.717) is 11.3 Å². The molecule has 0 aromatic heterocycles. The van der Waals surface area contributed by atoms with Gasteiger partial charge < -0.3 is 14.9 Å². The fourth-order valence-corrected chi connectivity index (χ4v) is 1.53. The molecule has 4 heteroatoms. The van der Waals surface area contributed by atoms with E-state index in [1.54, 1.807) is 12.1 Å². The average molecular weight is 248 g/mol. The highest BCUT2D eigenvalue weighted by atomic mass is 19.1. The molecule has 0 bridgehead atoms. The summed E-state index contributed by atoms with van der Waals surface area (Å²) in [6, 6.07) is 11.9. The van der Waals surface area contributed by atoms with Gasteiger partial charge in [0.2, 0.25) is 0 Å². The Balaban J connectivity index is 1.96. The van der Waals surface area contributed by atoms with Crippen LogP contribution in [0.5, 0.6) is 11.5 Å². The van der Waals surface area contributed by atoms with E-state index in [0.717, 1.165) is 0 Å². The Kier molecular flexibility index (Phi) is 3.79. The lowest BCUT2D eigenvalue weighted by Gasteiger charge is -2.12. The second-order valence-electron chi connectivity index (χ2n) is 3.88. The van der Waals surface area contributed by atoms with Gasteiger partial charge in [-0.3, -0.25) is 0 Å². The molecule has 2 N–H and O–H groups in total. The van der Waals surface area contributed by atoms with E-state index in [4.69, 9.17) is 4.74 Å². The van der Waals surface area contributed by atoms with Gasteiger partial charge in [-0.15, -0.1) is 0 Å². The number of halogens is 1. The standard InChI is InChI=1S/C14H13FO3/c15-11-6-4-10(5-7-11)14(17)9-18-13-3-1-2-12(16)8-13/h1-8,14,16-17H,9H2. The minimum absolute atomic E-state index is 0.0368. The second kappa shape index (κ2) is 5.51. The molecule has 1 atom stereocenters. The third kappa shape index (κ3) is 3.21. The molecule has 2 aromatic carbocycles. The summed E-state index contributed by atoms with van der Waals surface area (Å²) < 4.78 is 18.0. The zero-order valence-corrected chi connectivity index (χ0v) is 9.58. The van der Waals surface area contributed by atoms with Crippen LogP contribution in [0.3, 0.4) is 0 Å². The Morgan fingerprint density at radius 2 is 1.83 bits per heavy atom. The molecule has 0 saturated heterocycles. The quantitative estimate of drug-likeness (QED) is 0.874. The van der Waals surface area contributed by atoms with E-state index in [1.807, 2.05) is 0 Å². The molecule has 0 radical (unpaired) electrons. The number of aliphatic hydroxyl groups is 1. The molecule has 0 saturated carbocycles. The molecule has 0 aliphatic carbocycles. The Morgan fingerprint density at radius 1 is 1.11 bits per heavy atom. The zero-order valence-electron chi connectivity index (χ0n) is 9.58. The maximum Gasteiger partial charge on any atom is 0.123 e. The van der Waals surface area contributed by atoms with Gasteiger partial charge in [0, 0.05) is 6.07 Å². The van der Waals surface area contributed by atoms with Crippen molar-refractivity contribution in [1.29, 1.82) is 0 Å². The highest BCUT2D eigenvalue weighted by Gasteiger charge is 2.08. The first kappa shape index (κ1) is 12.4. The number of phenolic OH excluding ortho intramolecular Hbond substituents is 1. The second-order valence-corrected chi connectivity index (χ2v) is 3.88. The predicted molar refractivity (Wildman–Crippen MR) is 65.0 cm³/mol. The van der Waals surface area contributed by atoms with Gasteiger partial charge >= 0.3 is 0 Å². The summed E-state index contributed by atoms with van der Waals surface area (Å²) >= 11 is 0. The van der Waals surface area contributed by atoms with Gasteiger partial charge in [0.15, 0.2) is 0 Å². The summed E-state index contributed by atoms with van der Waals surface area (Å²) in [7, 11) is 0. The molecule has 0 fully saturated rings.